The molecule has 0 atom stereocenters. The van der Waals surface area contributed by atoms with Gasteiger partial charge >= 0.3 is 0 Å². The van der Waals surface area contributed by atoms with E-state index in [1.165, 1.54) is 23.9 Å². The number of fused-ring (bicyclic) bond motifs is 1. The first-order valence-electron chi connectivity index (χ1n) is 8.76. The number of sulfonamides is 1. The summed E-state index contributed by atoms with van der Waals surface area (Å²) in [4.78, 5) is 24.6. The van der Waals surface area contributed by atoms with Gasteiger partial charge in [0.2, 0.25) is 5.88 Å². The fourth-order valence-electron chi connectivity index (χ4n) is 2.95. The Morgan fingerprint density at radius 1 is 1.16 bits per heavy atom. The summed E-state index contributed by atoms with van der Waals surface area (Å²) in [5, 5.41) is 0.145. The number of rotatable bonds is 5. The quantitative estimate of drug-likeness (QED) is 0.400. The van der Waals surface area contributed by atoms with Gasteiger partial charge in [-0.15, -0.1) is 0 Å². The van der Waals surface area contributed by atoms with Crippen LogP contribution in [0.25, 0.3) is 16.8 Å². The highest BCUT2D eigenvalue weighted by molar-refractivity contribution is 7.94. The molecular formula is C18H17N7O4S2. The van der Waals surface area contributed by atoms with Gasteiger partial charge in [0, 0.05) is 23.5 Å². The lowest BCUT2D eigenvalue weighted by Gasteiger charge is -2.12. The summed E-state index contributed by atoms with van der Waals surface area (Å²) in [5.41, 5.74) is 12.8. The molecular weight excluding hydrogens is 442 g/mol. The number of nitrogens with zero attached hydrogens (tertiary/aromatic N) is 4. The van der Waals surface area contributed by atoms with E-state index in [1.54, 1.807) is 31.3 Å². The van der Waals surface area contributed by atoms with Gasteiger partial charge in [-0.3, -0.25) is 13.9 Å². The molecule has 0 amide bonds. The third-order valence-electron chi connectivity index (χ3n) is 4.37. The molecule has 4 aromatic heterocycles. The molecule has 0 spiro atoms. The number of pyridine rings is 2. The summed E-state index contributed by atoms with van der Waals surface area (Å²) in [6.07, 6.45) is 4.35. The number of nitrogen functional groups attached to an aromatic ring is 2. The van der Waals surface area contributed by atoms with Crippen molar-refractivity contribution in [2.24, 2.45) is 0 Å². The number of hydrogen-bond donors (Lipinski definition) is 3. The van der Waals surface area contributed by atoms with Crippen molar-refractivity contribution in [2.45, 2.75) is 11.1 Å². The van der Waals surface area contributed by atoms with Gasteiger partial charge in [-0.25, -0.2) is 23.4 Å². The molecule has 0 fully saturated rings. The van der Waals surface area contributed by atoms with E-state index in [0.29, 0.717) is 16.8 Å². The summed E-state index contributed by atoms with van der Waals surface area (Å²) >= 11 is 0.857. The smallest absolute Gasteiger partial charge is 0.281 e. The van der Waals surface area contributed by atoms with Crippen LogP contribution in [0.1, 0.15) is 5.69 Å². The van der Waals surface area contributed by atoms with E-state index in [9.17, 15) is 13.2 Å². The number of aryl methyl sites for hydroxylation is 1. The Labute approximate surface area is 180 Å². The molecule has 0 unspecified atom stereocenters. The van der Waals surface area contributed by atoms with Crippen molar-refractivity contribution >= 4 is 43.5 Å². The number of ether oxygens (including phenoxy) is 1. The van der Waals surface area contributed by atoms with Crippen LogP contribution in [-0.2, 0) is 10.0 Å². The molecule has 5 N–H and O–H groups in total. The molecule has 0 radical (unpaired) electrons. The fourth-order valence-corrected chi connectivity index (χ4v) is 5.30. The standard InChI is InChI=1S/C18H17N7O4S2/c1-9-17(30-18(20)23-9)31(27,28)24-13-5-11(6-22-15(13)29-2)10-3-4-14-21-7-12(19)16(26)25(14)8-10/h3-8,24H,19H2,1-2H3,(H2,20,23). The molecule has 0 saturated heterocycles. The molecule has 160 valence electrons. The van der Waals surface area contributed by atoms with Crippen molar-refractivity contribution < 1.29 is 13.2 Å². The second-order valence-electron chi connectivity index (χ2n) is 6.48. The second-order valence-corrected chi connectivity index (χ2v) is 9.38. The first kappa shape index (κ1) is 20.6. The van der Waals surface area contributed by atoms with Crippen LogP contribution in [0, 0.1) is 6.92 Å². The SMILES string of the molecule is COc1ncc(-c2ccc3ncc(N)c(=O)n3c2)cc1NS(=O)(=O)c1sc(N)nc1C. The third kappa shape index (κ3) is 3.75. The lowest BCUT2D eigenvalue weighted by molar-refractivity contribution is 0.400. The Morgan fingerprint density at radius 3 is 2.61 bits per heavy atom. The minimum absolute atomic E-state index is 0.00346. The molecule has 0 aliphatic rings. The van der Waals surface area contributed by atoms with Crippen LogP contribution in [0.2, 0.25) is 0 Å². The van der Waals surface area contributed by atoms with Gasteiger partial charge in [0.1, 0.15) is 17.0 Å². The van der Waals surface area contributed by atoms with Crippen molar-refractivity contribution in [2.75, 3.05) is 23.3 Å². The molecule has 31 heavy (non-hydrogen) atoms. The van der Waals surface area contributed by atoms with Crippen molar-refractivity contribution in [3.63, 3.8) is 0 Å². The third-order valence-corrected chi connectivity index (χ3v) is 7.33. The van der Waals surface area contributed by atoms with E-state index in [-0.39, 0.29) is 32.3 Å². The fraction of sp³-hybridized carbons (Fsp3) is 0.111. The average molecular weight is 460 g/mol. The van der Waals surface area contributed by atoms with Gasteiger partial charge in [0.05, 0.1) is 19.0 Å². The van der Waals surface area contributed by atoms with Gasteiger partial charge in [0.15, 0.2) is 9.34 Å². The number of hydrogen-bond acceptors (Lipinski definition) is 10. The summed E-state index contributed by atoms with van der Waals surface area (Å²) in [6.45, 7) is 1.56. The minimum atomic E-state index is -3.98. The van der Waals surface area contributed by atoms with Crippen LogP contribution in [0.3, 0.4) is 0 Å². The zero-order chi connectivity index (χ0) is 22.3. The van der Waals surface area contributed by atoms with E-state index in [0.717, 1.165) is 11.3 Å². The van der Waals surface area contributed by atoms with Crippen molar-refractivity contribution in [1.82, 2.24) is 19.4 Å². The van der Waals surface area contributed by atoms with Crippen LogP contribution in [0.5, 0.6) is 5.88 Å². The van der Waals surface area contributed by atoms with Crippen molar-refractivity contribution in [3.8, 4) is 17.0 Å². The highest BCUT2D eigenvalue weighted by Crippen LogP contribution is 2.32. The number of methoxy groups -OCH3 is 1. The van der Waals surface area contributed by atoms with Gasteiger partial charge in [-0.05, 0) is 25.1 Å². The van der Waals surface area contributed by atoms with Crippen molar-refractivity contribution in [1.29, 1.82) is 0 Å². The monoisotopic (exact) mass is 459 g/mol. The molecule has 4 aromatic rings. The predicted octanol–water partition coefficient (Wildman–Crippen LogP) is 1.50. The van der Waals surface area contributed by atoms with Gasteiger partial charge in [0.25, 0.3) is 15.6 Å². The molecule has 0 aliphatic heterocycles. The molecule has 0 bridgehead atoms. The average Bonchev–Trinajstić information content (AvgIpc) is 3.09. The maximum Gasteiger partial charge on any atom is 0.281 e. The Morgan fingerprint density at radius 2 is 1.94 bits per heavy atom. The van der Waals surface area contributed by atoms with Crippen LogP contribution in [0.15, 0.2) is 45.8 Å². The molecule has 13 heteroatoms. The lowest BCUT2D eigenvalue weighted by atomic mass is 10.1. The minimum Gasteiger partial charge on any atom is -0.480 e. The van der Waals surface area contributed by atoms with Crippen LogP contribution >= 0.6 is 11.3 Å². The number of aromatic nitrogens is 4. The molecule has 0 aliphatic carbocycles. The Bertz CT molecular complexity index is 1480. The maximum absolute atomic E-state index is 12.9. The van der Waals surface area contributed by atoms with Gasteiger partial charge in [-0.2, -0.15) is 0 Å². The molecule has 4 heterocycles. The molecule has 0 saturated carbocycles. The second kappa shape index (κ2) is 7.52. The number of anilines is 3. The molecule has 4 rings (SSSR count). The Kier molecular flexibility index (Phi) is 4.99. The summed E-state index contributed by atoms with van der Waals surface area (Å²) in [7, 11) is -2.60. The van der Waals surface area contributed by atoms with Crippen LogP contribution < -0.4 is 26.5 Å². The van der Waals surface area contributed by atoms with Crippen LogP contribution in [-0.4, -0.2) is 34.9 Å². The summed E-state index contributed by atoms with van der Waals surface area (Å²) in [5.74, 6) is 0.0753. The van der Waals surface area contributed by atoms with Crippen molar-refractivity contribution in [3.05, 3.63) is 52.8 Å². The first-order chi connectivity index (χ1) is 14.7. The summed E-state index contributed by atoms with van der Waals surface area (Å²) < 4.78 is 34.7. The zero-order valence-corrected chi connectivity index (χ0v) is 18.0. The zero-order valence-electron chi connectivity index (χ0n) is 16.4. The number of thiazole rings is 1. The molecule has 0 aromatic carbocycles. The van der Waals surface area contributed by atoms with E-state index in [1.807, 2.05) is 0 Å². The maximum atomic E-state index is 12.9. The number of nitrogens with one attached hydrogen (secondary N) is 1. The highest BCUT2D eigenvalue weighted by Gasteiger charge is 2.23. The van der Waals surface area contributed by atoms with Crippen LogP contribution in [0.4, 0.5) is 16.5 Å². The normalized spacial score (nSPS) is 11.5. The Hall–Kier alpha value is -3.71. The largest absolute Gasteiger partial charge is 0.480 e. The van der Waals surface area contributed by atoms with E-state index in [4.69, 9.17) is 16.2 Å². The summed E-state index contributed by atoms with van der Waals surface area (Å²) in [6, 6.07) is 4.93. The molecule has 11 nitrogen and oxygen atoms in total. The van der Waals surface area contributed by atoms with Gasteiger partial charge in [-0.1, -0.05) is 11.3 Å². The highest BCUT2D eigenvalue weighted by atomic mass is 32.2. The van der Waals surface area contributed by atoms with E-state index >= 15 is 0 Å². The first-order valence-corrected chi connectivity index (χ1v) is 11.1. The predicted molar refractivity (Wildman–Crippen MR) is 118 cm³/mol. The Balaban J connectivity index is 1.80. The van der Waals surface area contributed by atoms with E-state index < -0.39 is 15.6 Å². The van der Waals surface area contributed by atoms with E-state index in [2.05, 4.69) is 19.7 Å². The number of nitrogens with two attached hydrogens (primary N) is 2. The topological polar surface area (TPSA) is 168 Å². The lowest BCUT2D eigenvalue weighted by Crippen LogP contribution is -2.18. The van der Waals surface area contributed by atoms with Gasteiger partial charge < -0.3 is 16.2 Å².